The van der Waals surface area contributed by atoms with Gasteiger partial charge in [0, 0.05) is 11.8 Å². The molecule has 2 heterocycles. The van der Waals surface area contributed by atoms with Crippen molar-refractivity contribution < 1.29 is 9.53 Å². The van der Waals surface area contributed by atoms with Crippen LogP contribution in [0.5, 0.6) is 5.75 Å². The van der Waals surface area contributed by atoms with Crippen molar-refractivity contribution in [3.05, 3.63) is 52.8 Å². The lowest BCUT2D eigenvalue weighted by atomic mass is 10.2. The van der Waals surface area contributed by atoms with Crippen LogP contribution in [0.3, 0.4) is 0 Å². The minimum Gasteiger partial charge on any atom is -0.490 e. The van der Waals surface area contributed by atoms with Crippen molar-refractivity contribution in [2.75, 3.05) is 18.1 Å². The van der Waals surface area contributed by atoms with Gasteiger partial charge in [-0.05, 0) is 40.2 Å². The second-order valence-corrected chi connectivity index (χ2v) is 4.95. The second kappa shape index (κ2) is 5.01. The Hall–Kier alpha value is -1.88. The van der Waals surface area contributed by atoms with Crippen LogP contribution in [0, 0.1) is 0 Å². The number of fused-ring (bicyclic) bond motifs is 1. The summed E-state index contributed by atoms with van der Waals surface area (Å²) in [5.41, 5.74) is 1.42. The van der Waals surface area contributed by atoms with Gasteiger partial charge in [-0.15, -0.1) is 0 Å². The van der Waals surface area contributed by atoms with Crippen LogP contribution in [0.2, 0.25) is 0 Å². The SMILES string of the molecule is O=C(c1ccnc(Br)c1)N1CCOc2ccccc21. The molecule has 1 aliphatic rings. The van der Waals surface area contributed by atoms with Gasteiger partial charge in [0.2, 0.25) is 0 Å². The summed E-state index contributed by atoms with van der Waals surface area (Å²) in [6.07, 6.45) is 1.61. The third-order valence-corrected chi connectivity index (χ3v) is 3.38. The second-order valence-electron chi connectivity index (χ2n) is 4.14. The molecular weight excluding hydrogens is 308 g/mol. The zero-order valence-electron chi connectivity index (χ0n) is 10.0. The number of hydrogen-bond donors (Lipinski definition) is 0. The molecule has 1 amide bonds. The number of nitrogens with zero attached hydrogens (tertiary/aromatic N) is 2. The fourth-order valence-corrected chi connectivity index (χ4v) is 2.44. The monoisotopic (exact) mass is 318 g/mol. The highest BCUT2D eigenvalue weighted by molar-refractivity contribution is 9.10. The molecule has 0 aliphatic carbocycles. The molecule has 0 radical (unpaired) electrons. The Labute approximate surface area is 119 Å². The van der Waals surface area contributed by atoms with Crippen LogP contribution in [-0.4, -0.2) is 24.0 Å². The first-order valence-corrected chi connectivity index (χ1v) is 6.70. The maximum Gasteiger partial charge on any atom is 0.258 e. The van der Waals surface area contributed by atoms with E-state index in [1.165, 1.54) is 0 Å². The quantitative estimate of drug-likeness (QED) is 0.759. The number of carbonyl (C=O) groups excluding carboxylic acids is 1. The Morgan fingerprint density at radius 1 is 1.32 bits per heavy atom. The summed E-state index contributed by atoms with van der Waals surface area (Å²) in [5.74, 6) is 0.703. The Morgan fingerprint density at radius 2 is 2.16 bits per heavy atom. The first-order valence-electron chi connectivity index (χ1n) is 5.91. The lowest BCUT2D eigenvalue weighted by molar-refractivity contribution is 0.0976. The van der Waals surface area contributed by atoms with E-state index in [1.54, 1.807) is 23.2 Å². The van der Waals surface area contributed by atoms with Gasteiger partial charge in [-0.2, -0.15) is 0 Å². The van der Waals surface area contributed by atoms with E-state index < -0.39 is 0 Å². The van der Waals surface area contributed by atoms with E-state index in [-0.39, 0.29) is 5.91 Å². The molecule has 0 unspecified atom stereocenters. The summed E-state index contributed by atoms with van der Waals surface area (Å²) in [6.45, 7) is 1.06. The number of hydrogen-bond acceptors (Lipinski definition) is 3. The summed E-state index contributed by atoms with van der Waals surface area (Å²) >= 11 is 3.28. The first kappa shape index (κ1) is 12.2. The summed E-state index contributed by atoms with van der Waals surface area (Å²) in [4.78, 5) is 18.3. The number of halogens is 1. The highest BCUT2D eigenvalue weighted by Gasteiger charge is 2.24. The van der Waals surface area contributed by atoms with E-state index in [2.05, 4.69) is 20.9 Å². The molecular formula is C14H11BrN2O2. The lowest BCUT2D eigenvalue weighted by Gasteiger charge is -2.29. The van der Waals surface area contributed by atoms with Crippen LogP contribution >= 0.6 is 15.9 Å². The van der Waals surface area contributed by atoms with Gasteiger partial charge >= 0.3 is 0 Å². The third kappa shape index (κ3) is 2.33. The van der Waals surface area contributed by atoms with Crippen molar-refractivity contribution in [2.45, 2.75) is 0 Å². The highest BCUT2D eigenvalue weighted by Crippen LogP contribution is 2.31. The van der Waals surface area contributed by atoms with Gasteiger partial charge in [0.15, 0.2) is 0 Å². The zero-order chi connectivity index (χ0) is 13.2. The van der Waals surface area contributed by atoms with E-state index in [0.29, 0.717) is 23.3 Å². The predicted molar refractivity (Wildman–Crippen MR) is 75.6 cm³/mol. The number of ether oxygens (including phenoxy) is 1. The van der Waals surface area contributed by atoms with Gasteiger partial charge < -0.3 is 9.64 Å². The van der Waals surface area contributed by atoms with Crippen LogP contribution in [0.15, 0.2) is 47.2 Å². The maximum atomic E-state index is 12.5. The van der Waals surface area contributed by atoms with Crippen molar-refractivity contribution in [3.8, 4) is 5.75 Å². The summed E-state index contributed by atoms with van der Waals surface area (Å²) < 4.78 is 6.20. The van der Waals surface area contributed by atoms with Crippen molar-refractivity contribution in [1.29, 1.82) is 0 Å². The van der Waals surface area contributed by atoms with Crippen molar-refractivity contribution >= 4 is 27.5 Å². The van der Waals surface area contributed by atoms with Crippen LogP contribution in [0.1, 0.15) is 10.4 Å². The summed E-state index contributed by atoms with van der Waals surface area (Å²) in [6, 6.07) is 11.0. The van der Waals surface area contributed by atoms with Gasteiger partial charge in [-0.25, -0.2) is 4.98 Å². The summed E-state index contributed by atoms with van der Waals surface area (Å²) in [5, 5.41) is 0. The van der Waals surface area contributed by atoms with E-state index >= 15 is 0 Å². The molecule has 2 aromatic rings. The number of carbonyl (C=O) groups is 1. The Kier molecular flexibility index (Phi) is 3.21. The van der Waals surface area contributed by atoms with Crippen LogP contribution in [0.25, 0.3) is 0 Å². The molecule has 0 saturated carbocycles. The topological polar surface area (TPSA) is 42.4 Å². The fraction of sp³-hybridized carbons (Fsp3) is 0.143. The Bertz CT molecular complexity index is 630. The molecule has 3 rings (SSSR count). The average Bonchev–Trinajstić information content (AvgIpc) is 2.46. The molecule has 1 aromatic heterocycles. The van der Waals surface area contributed by atoms with Gasteiger partial charge in [0.25, 0.3) is 5.91 Å². The zero-order valence-corrected chi connectivity index (χ0v) is 11.6. The van der Waals surface area contributed by atoms with Gasteiger partial charge in [0.05, 0.1) is 12.2 Å². The Morgan fingerprint density at radius 3 is 3.00 bits per heavy atom. The number of pyridine rings is 1. The standard InChI is InChI=1S/C14H11BrN2O2/c15-13-9-10(5-6-16-13)14(18)17-7-8-19-12-4-2-1-3-11(12)17/h1-6,9H,7-8H2. The van der Waals surface area contributed by atoms with E-state index in [9.17, 15) is 4.79 Å². The molecule has 96 valence electrons. The molecule has 0 spiro atoms. The lowest BCUT2D eigenvalue weighted by Crippen LogP contribution is -2.37. The normalized spacial score (nSPS) is 13.6. The number of anilines is 1. The Balaban J connectivity index is 1.98. The smallest absolute Gasteiger partial charge is 0.258 e. The van der Waals surface area contributed by atoms with Gasteiger partial charge in [0.1, 0.15) is 17.0 Å². The first-order chi connectivity index (χ1) is 9.25. The third-order valence-electron chi connectivity index (χ3n) is 2.95. The molecule has 0 saturated heterocycles. The number of amides is 1. The molecule has 0 bridgehead atoms. The van der Waals surface area contributed by atoms with E-state index in [4.69, 9.17) is 4.74 Å². The van der Waals surface area contributed by atoms with Crippen LogP contribution in [-0.2, 0) is 0 Å². The minimum absolute atomic E-state index is 0.0427. The molecule has 0 atom stereocenters. The van der Waals surface area contributed by atoms with Crippen molar-refractivity contribution in [1.82, 2.24) is 4.98 Å². The predicted octanol–water partition coefficient (Wildman–Crippen LogP) is 2.88. The molecule has 0 fully saturated rings. The fourth-order valence-electron chi connectivity index (χ4n) is 2.07. The molecule has 19 heavy (non-hydrogen) atoms. The molecule has 5 heteroatoms. The van der Waals surface area contributed by atoms with Crippen LogP contribution in [0.4, 0.5) is 5.69 Å². The number of benzene rings is 1. The molecule has 0 N–H and O–H groups in total. The maximum absolute atomic E-state index is 12.5. The van der Waals surface area contributed by atoms with Gasteiger partial charge in [-0.3, -0.25) is 4.79 Å². The largest absolute Gasteiger partial charge is 0.490 e. The number of rotatable bonds is 1. The molecule has 1 aromatic carbocycles. The minimum atomic E-state index is -0.0427. The number of aromatic nitrogens is 1. The van der Waals surface area contributed by atoms with Crippen molar-refractivity contribution in [3.63, 3.8) is 0 Å². The molecule has 1 aliphatic heterocycles. The summed E-state index contributed by atoms with van der Waals surface area (Å²) in [7, 11) is 0. The highest BCUT2D eigenvalue weighted by atomic mass is 79.9. The average molecular weight is 319 g/mol. The van der Waals surface area contributed by atoms with Gasteiger partial charge in [-0.1, -0.05) is 12.1 Å². The van der Waals surface area contributed by atoms with Crippen molar-refractivity contribution in [2.24, 2.45) is 0 Å². The van der Waals surface area contributed by atoms with Crippen LogP contribution < -0.4 is 9.64 Å². The number of para-hydroxylation sites is 2. The molecule has 4 nitrogen and oxygen atoms in total. The van der Waals surface area contributed by atoms with E-state index in [0.717, 1.165) is 11.4 Å². The van der Waals surface area contributed by atoms with E-state index in [1.807, 2.05) is 24.3 Å².